The van der Waals surface area contributed by atoms with Crippen molar-refractivity contribution in [3.8, 4) is 0 Å². The molecule has 230 valence electrons. The molecular formula is C34H63N3O2Si. The van der Waals surface area contributed by atoms with Crippen LogP contribution < -0.4 is 0 Å². The van der Waals surface area contributed by atoms with Crippen LogP contribution in [0.5, 0.6) is 0 Å². The van der Waals surface area contributed by atoms with Crippen LogP contribution in [0.4, 0.5) is 0 Å². The van der Waals surface area contributed by atoms with Gasteiger partial charge in [0.15, 0.2) is 8.32 Å². The molecule has 0 spiro atoms. The molecule has 9 atom stereocenters. The van der Waals surface area contributed by atoms with E-state index in [1.807, 2.05) is 0 Å². The van der Waals surface area contributed by atoms with Crippen LogP contribution in [-0.2, 0) is 4.43 Å². The second-order valence-electron chi connectivity index (χ2n) is 16.7. The highest BCUT2D eigenvalue weighted by molar-refractivity contribution is 6.74. The second kappa shape index (κ2) is 12.8. The fraction of sp³-hybridized carbons (Fsp3) is 0.941. The molecule has 0 aromatic heterocycles. The maximum atomic E-state index is 11.0. The maximum absolute atomic E-state index is 11.0. The highest BCUT2D eigenvalue weighted by atomic mass is 28.4. The quantitative estimate of drug-likeness (QED) is 0.0877. The van der Waals surface area contributed by atoms with Gasteiger partial charge in [0.25, 0.3) is 0 Å². The third-order valence-corrected chi connectivity index (χ3v) is 17.3. The minimum absolute atomic E-state index is 0.0172. The Bertz CT molecular complexity index is 923. The third kappa shape index (κ3) is 6.87. The molecule has 0 bridgehead atoms. The lowest BCUT2D eigenvalue weighted by Crippen LogP contribution is -2.54. The van der Waals surface area contributed by atoms with E-state index >= 15 is 0 Å². The summed E-state index contributed by atoms with van der Waals surface area (Å²) in [5.74, 6) is 3.98. The summed E-state index contributed by atoms with van der Waals surface area (Å²) >= 11 is 0. The van der Waals surface area contributed by atoms with Crippen molar-refractivity contribution in [2.45, 2.75) is 137 Å². The first-order valence-electron chi connectivity index (χ1n) is 16.5. The summed E-state index contributed by atoms with van der Waals surface area (Å²) in [5.41, 5.74) is 10.7. The molecule has 3 aliphatic rings. The average Bonchev–Trinajstić information content (AvgIpc) is 3.20. The molecule has 1 unspecified atom stereocenters. The number of rotatable bonds is 11. The summed E-state index contributed by atoms with van der Waals surface area (Å²) in [6, 6.07) is 0. The largest absolute Gasteiger partial charge is 0.417 e. The topological polar surface area (TPSA) is 78.2 Å². The van der Waals surface area contributed by atoms with Gasteiger partial charge in [-0.1, -0.05) is 86.3 Å². The van der Waals surface area contributed by atoms with Gasteiger partial charge in [0.05, 0.1) is 6.10 Å². The Morgan fingerprint density at radius 2 is 1.75 bits per heavy atom. The molecule has 0 amide bonds. The molecule has 0 heterocycles. The van der Waals surface area contributed by atoms with E-state index in [-0.39, 0.29) is 16.4 Å². The molecule has 6 heteroatoms. The van der Waals surface area contributed by atoms with Gasteiger partial charge in [0, 0.05) is 18.1 Å². The van der Waals surface area contributed by atoms with Crippen LogP contribution in [0.2, 0.25) is 18.1 Å². The molecule has 5 nitrogen and oxygen atoms in total. The molecule has 3 rings (SSSR count). The fourth-order valence-electron chi connectivity index (χ4n) is 9.19. The van der Waals surface area contributed by atoms with E-state index in [1.165, 1.54) is 44.9 Å². The third-order valence-electron chi connectivity index (χ3n) is 12.8. The number of azide groups is 1. The van der Waals surface area contributed by atoms with Crippen LogP contribution in [0.15, 0.2) is 17.3 Å². The fourth-order valence-corrected chi connectivity index (χ4v) is 10.2. The Labute approximate surface area is 248 Å². The van der Waals surface area contributed by atoms with Crippen LogP contribution in [0, 0.1) is 52.3 Å². The molecule has 1 N–H and O–H groups in total. The molecule has 3 saturated carbocycles. The van der Waals surface area contributed by atoms with Crippen molar-refractivity contribution >= 4 is 8.32 Å². The smallest absolute Gasteiger partial charge is 0.191 e. The van der Waals surface area contributed by atoms with Gasteiger partial charge >= 0.3 is 0 Å². The molecule has 0 aliphatic heterocycles. The van der Waals surface area contributed by atoms with E-state index < -0.39 is 14.4 Å². The van der Waals surface area contributed by atoms with Crippen molar-refractivity contribution in [2.75, 3.05) is 13.2 Å². The molecular weight excluding hydrogens is 510 g/mol. The van der Waals surface area contributed by atoms with Crippen molar-refractivity contribution in [2.24, 2.45) is 57.4 Å². The van der Waals surface area contributed by atoms with Crippen LogP contribution >= 0.6 is 0 Å². The molecule has 0 aromatic rings. The van der Waals surface area contributed by atoms with Crippen molar-refractivity contribution in [1.29, 1.82) is 0 Å². The summed E-state index contributed by atoms with van der Waals surface area (Å²) in [7, 11) is -1.92. The monoisotopic (exact) mass is 573 g/mol. The summed E-state index contributed by atoms with van der Waals surface area (Å²) in [4.78, 5) is 3.27. The predicted octanol–water partition coefficient (Wildman–Crippen LogP) is 10.2. The molecule has 0 saturated heterocycles. The van der Waals surface area contributed by atoms with Crippen molar-refractivity contribution in [3.63, 3.8) is 0 Å². The van der Waals surface area contributed by atoms with E-state index in [9.17, 15) is 10.6 Å². The second-order valence-corrected chi connectivity index (χ2v) is 21.5. The van der Waals surface area contributed by atoms with E-state index in [0.29, 0.717) is 36.3 Å². The zero-order valence-corrected chi connectivity index (χ0v) is 28.8. The maximum Gasteiger partial charge on any atom is 0.191 e. The number of aliphatic hydroxyl groups is 1. The predicted molar refractivity (Wildman–Crippen MR) is 172 cm³/mol. The molecule has 0 aromatic carbocycles. The number of hydrogen-bond donors (Lipinski definition) is 1. The van der Waals surface area contributed by atoms with Gasteiger partial charge < -0.3 is 9.53 Å². The average molecular weight is 574 g/mol. The first-order valence-corrected chi connectivity index (χ1v) is 19.4. The Morgan fingerprint density at radius 1 is 1.10 bits per heavy atom. The van der Waals surface area contributed by atoms with Crippen LogP contribution in [0.25, 0.3) is 10.4 Å². The summed E-state index contributed by atoms with van der Waals surface area (Å²) in [6.07, 6.45) is 10.1. The first kappa shape index (κ1) is 33.7. The Hall–Kier alpha value is -0.813. The lowest BCUT2D eigenvalue weighted by molar-refractivity contribution is -0.0897. The minimum Gasteiger partial charge on any atom is -0.417 e. The lowest BCUT2D eigenvalue weighted by atomic mass is 9.48. The van der Waals surface area contributed by atoms with Crippen LogP contribution in [0.3, 0.4) is 0 Å². The van der Waals surface area contributed by atoms with Crippen molar-refractivity contribution < 1.29 is 9.53 Å². The Kier molecular flexibility index (Phi) is 10.8. The lowest BCUT2D eigenvalue weighted by Gasteiger charge is -2.58. The van der Waals surface area contributed by atoms with Crippen molar-refractivity contribution in [1.82, 2.24) is 0 Å². The molecule has 3 fully saturated rings. The normalized spacial score (nSPS) is 37.8. The van der Waals surface area contributed by atoms with Gasteiger partial charge in [0.2, 0.25) is 0 Å². The zero-order valence-electron chi connectivity index (χ0n) is 27.8. The Morgan fingerprint density at radius 3 is 2.35 bits per heavy atom. The summed E-state index contributed by atoms with van der Waals surface area (Å²) < 4.78 is 6.85. The zero-order chi connectivity index (χ0) is 30.1. The van der Waals surface area contributed by atoms with E-state index in [4.69, 9.17) is 4.43 Å². The van der Waals surface area contributed by atoms with Crippen LogP contribution in [-0.4, -0.2) is 32.7 Å². The number of fused-ring (bicyclic) bond motifs is 1. The van der Waals surface area contributed by atoms with Crippen LogP contribution in [0.1, 0.15) is 113 Å². The van der Waals surface area contributed by atoms with Gasteiger partial charge in [-0.15, -0.1) is 0 Å². The van der Waals surface area contributed by atoms with Crippen molar-refractivity contribution in [3.05, 3.63) is 22.6 Å². The molecule has 3 aliphatic carbocycles. The summed E-state index contributed by atoms with van der Waals surface area (Å²) in [6.45, 7) is 29.4. The van der Waals surface area contributed by atoms with Gasteiger partial charge in [0.1, 0.15) is 0 Å². The van der Waals surface area contributed by atoms with E-state index in [2.05, 4.69) is 85.1 Å². The molecule has 0 radical (unpaired) electrons. The van der Waals surface area contributed by atoms with E-state index in [0.717, 1.165) is 36.2 Å². The van der Waals surface area contributed by atoms with Gasteiger partial charge in [-0.3, -0.25) is 0 Å². The van der Waals surface area contributed by atoms with E-state index in [1.54, 1.807) is 0 Å². The number of hydrogen-bond acceptors (Lipinski definition) is 3. The van der Waals surface area contributed by atoms with Gasteiger partial charge in [-0.05, 0) is 120 Å². The Balaban J connectivity index is 1.89. The summed E-state index contributed by atoms with van der Waals surface area (Å²) in [5, 5.41) is 15.4. The minimum atomic E-state index is -1.92. The first-order chi connectivity index (χ1) is 18.5. The number of aliphatic hydroxyl groups excluding tert-OH is 1. The standard InChI is InChI=1S/C34H63N3O2Si/c1-23(2)13-12-14-24(3)28-15-16-29-27(21-36-37-35)30(17-18-33(28,29)8)34(9)20-25(4)31(38)19-26(34)22-39-40(10,11)32(5,6)7/h23-24,26-31,38H,4,12-22H2,1-3,5-11H3/t24-,26-,27+,28-,29+,30+,31?,33-,34+/m1/s1. The van der Waals surface area contributed by atoms with Gasteiger partial charge in [-0.25, -0.2) is 0 Å². The number of nitrogens with zero attached hydrogens (tertiary/aromatic N) is 3. The van der Waals surface area contributed by atoms with Gasteiger partial charge in [-0.2, -0.15) is 0 Å². The molecule has 40 heavy (non-hydrogen) atoms. The highest BCUT2D eigenvalue weighted by Crippen LogP contribution is 2.65. The highest BCUT2D eigenvalue weighted by Gasteiger charge is 2.59. The SMILES string of the molecule is C=C1C[C@](C)([C@H]2CC[C@]3(C)[C@@H]([C@H](C)CCCC(C)C)CC[C@H]3[C@@H]2CN=[N+]=[N-])[C@@H](CO[Si](C)(C)C(C)(C)C)CC1O.